The van der Waals surface area contributed by atoms with E-state index in [0.29, 0.717) is 6.42 Å². The van der Waals surface area contributed by atoms with Gasteiger partial charge in [-0.25, -0.2) is 8.42 Å². The van der Waals surface area contributed by atoms with Crippen LogP contribution in [0.15, 0.2) is 28.7 Å². The van der Waals surface area contributed by atoms with E-state index in [9.17, 15) is 8.42 Å². The Morgan fingerprint density at radius 2 is 1.89 bits per heavy atom. The highest BCUT2D eigenvalue weighted by Crippen LogP contribution is 2.27. The van der Waals surface area contributed by atoms with Crippen LogP contribution in [0.5, 0.6) is 0 Å². The summed E-state index contributed by atoms with van der Waals surface area (Å²) >= 11 is 3.54. The summed E-state index contributed by atoms with van der Waals surface area (Å²) < 4.78 is 24.9. The molecule has 1 unspecified atom stereocenters. The van der Waals surface area contributed by atoms with Gasteiger partial charge < -0.3 is 5.32 Å². The first kappa shape index (κ1) is 16.7. The number of hydrogen-bond acceptors (Lipinski definition) is 3. The van der Waals surface area contributed by atoms with E-state index in [1.54, 1.807) is 13.8 Å². The minimum atomic E-state index is -2.98. The SMILES string of the molecule is CNCC(CCS(=O)(=O)C(C)C)c1ccccc1Br. The molecule has 0 aromatic heterocycles. The van der Waals surface area contributed by atoms with Gasteiger partial charge >= 0.3 is 0 Å². The summed E-state index contributed by atoms with van der Waals surface area (Å²) in [5.74, 6) is 0.437. The Labute approximate surface area is 124 Å². The van der Waals surface area contributed by atoms with Gasteiger partial charge in [0.2, 0.25) is 0 Å². The second-order valence-corrected chi connectivity index (χ2v) is 8.51. The Kier molecular flexibility index (Phi) is 6.50. The van der Waals surface area contributed by atoms with E-state index >= 15 is 0 Å². The zero-order valence-electron chi connectivity index (χ0n) is 11.7. The van der Waals surface area contributed by atoms with Gasteiger partial charge in [-0.1, -0.05) is 34.1 Å². The fraction of sp³-hybridized carbons (Fsp3) is 0.571. The molecule has 1 atom stereocenters. The number of sulfone groups is 1. The van der Waals surface area contributed by atoms with Gasteiger partial charge in [0.25, 0.3) is 0 Å². The summed E-state index contributed by atoms with van der Waals surface area (Å²) in [6.45, 7) is 4.25. The van der Waals surface area contributed by atoms with Crippen LogP contribution in [-0.4, -0.2) is 33.0 Å². The summed E-state index contributed by atoms with van der Waals surface area (Å²) in [6.07, 6.45) is 0.643. The fourth-order valence-electron chi connectivity index (χ4n) is 1.96. The second-order valence-electron chi connectivity index (χ2n) is 4.98. The molecule has 0 aliphatic heterocycles. The third-order valence-electron chi connectivity index (χ3n) is 3.26. The van der Waals surface area contributed by atoms with Crippen molar-refractivity contribution in [2.45, 2.75) is 31.4 Å². The van der Waals surface area contributed by atoms with Crippen molar-refractivity contribution in [3.8, 4) is 0 Å². The normalized spacial score (nSPS) is 13.7. The Morgan fingerprint density at radius 3 is 2.42 bits per heavy atom. The molecule has 0 spiro atoms. The summed E-state index contributed by atoms with van der Waals surface area (Å²) in [7, 11) is -1.09. The van der Waals surface area contributed by atoms with E-state index in [1.165, 1.54) is 0 Å². The molecule has 1 rings (SSSR count). The standard InChI is InChI=1S/C14H22BrNO2S/c1-11(2)19(17,18)9-8-12(10-16-3)13-6-4-5-7-14(13)15/h4-7,11-12,16H,8-10H2,1-3H3. The Morgan fingerprint density at radius 1 is 1.26 bits per heavy atom. The molecular formula is C14H22BrNO2S. The smallest absolute Gasteiger partial charge is 0.152 e. The fourth-order valence-corrected chi connectivity index (χ4v) is 3.66. The second kappa shape index (κ2) is 7.41. The summed E-state index contributed by atoms with van der Waals surface area (Å²) in [4.78, 5) is 0. The zero-order chi connectivity index (χ0) is 14.5. The molecule has 0 bridgehead atoms. The Bertz CT molecular complexity index is 500. The minimum Gasteiger partial charge on any atom is -0.319 e. The van der Waals surface area contributed by atoms with E-state index in [1.807, 2.05) is 31.3 Å². The van der Waals surface area contributed by atoms with Crippen molar-refractivity contribution < 1.29 is 8.42 Å². The first-order valence-electron chi connectivity index (χ1n) is 6.49. The van der Waals surface area contributed by atoms with E-state index in [2.05, 4.69) is 21.2 Å². The van der Waals surface area contributed by atoms with Crippen LogP contribution in [0.25, 0.3) is 0 Å². The van der Waals surface area contributed by atoms with Crippen LogP contribution in [0.1, 0.15) is 31.7 Å². The molecule has 108 valence electrons. The van der Waals surface area contributed by atoms with Crippen molar-refractivity contribution in [2.75, 3.05) is 19.3 Å². The first-order valence-corrected chi connectivity index (χ1v) is 9.00. The molecule has 3 nitrogen and oxygen atoms in total. The predicted octanol–water partition coefficient (Wildman–Crippen LogP) is 2.97. The van der Waals surface area contributed by atoms with E-state index in [-0.39, 0.29) is 16.9 Å². The van der Waals surface area contributed by atoms with Crippen molar-refractivity contribution in [3.05, 3.63) is 34.3 Å². The molecule has 0 amide bonds. The molecule has 0 fully saturated rings. The number of rotatable bonds is 7. The molecule has 0 saturated heterocycles. The molecule has 0 aliphatic rings. The van der Waals surface area contributed by atoms with Crippen LogP contribution in [0.4, 0.5) is 0 Å². The van der Waals surface area contributed by atoms with Crippen LogP contribution in [0.3, 0.4) is 0 Å². The monoisotopic (exact) mass is 347 g/mol. The van der Waals surface area contributed by atoms with Crippen LogP contribution in [0.2, 0.25) is 0 Å². The van der Waals surface area contributed by atoms with E-state index < -0.39 is 9.84 Å². The van der Waals surface area contributed by atoms with Crippen molar-refractivity contribution in [2.24, 2.45) is 0 Å². The van der Waals surface area contributed by atoms with Gasteiger partial charge in [0.05, 0.1) is 11.0 Å². The number of hydrogen-bond donors (Lipinski definition) is 1. The average Bonchev–Trinajstić information content (AvgIpc) is 2.35. The highest BCUT2D eigenvalue weighted by molar-refractivity contribution is 9.10. The molecule has 1 aromatic carbocycles. The molecular weight excluding hydrogens is 326 g/mol. The molecule has 1 aromatic rings. The van der Waals surface area contributed by atoms with Gasteiger partial charge in [-0.3, -0.25) is 0 Å². The van der Waals surface area contributed by atoms with E-state index in [0.717, 1.165) is 16.6 Å². The molecule has 1 N–H and O–H groups in total. The third-order valence-corrected chi connectivity index (χ3v) is 6.23. The summed E-state index contributed by atoms with van der Waals surface area (Å²) in [6, 6.07) is 8.00. The van der Waals surface area contributed by atoms with Gasteiger partial charge in [0.1, 0.15) is 0 Å². The van der Waals surface area contributed by atoms with Crippen LogP contribution in [0, 0.1) is 0 Å². The van der Waals surface area contributed by atoms with Crippen molar-refractivity contribution >= 4 is 25.8 Å². The summed E-state index contributed by atoms with van der Waals surface area (Å²) in [5.41, 5.74) is 1.16. The Hall–Kier alpha value is -0.390. The maximum Gasteiger partial charge on any atom is 0.152 e. The highest BCUT2D eigenvalue weighted by Gasteiger charge is 2.20. The number of benzene rings is 1. The minimum absolute atomic E-state index is 0.203. The van der Waals surface area contributed by atoms with Gasteiger partial charge in [-0.15, -0.1) is 0 Å². The van der Waals surface area contributed by atoms with Gasteiger partial charge in [-0.2, -0.15) is 0 Å². The number of halogens is 1. The van der Waals surface area contributed by atoms with Crippen molar-refractivity contribution in [1.29, 1.82) is 0 Å². The lowest BCUT2D eigenvalue weighted by atomic mass is 9.96. The predicted molar refractivity (Wildman–Crippen MR) is 84.3 cm³/mol. The largest absolute Gasteiger partial charge is 0.319 e. The maximum atomic E-state index is 11.9. The van der Waals surface area contributed by atoms with Crippen LogP contribution in [-0.2, 0) is 9.84 Å². The average molecular weight is 348 g/mol. The van der Waals surface area contributed by atoms with Gasteiger partial charge in [0, 0.05) is 11.0 Å². The maximum absolute atomic E-state index is 11.9. The molecule has 19 heavy (non-hydrogen) atoms. The van der Waals surface area contributed by atoms with Gasteiger partial charge in [0.15, 0.2) is 9.84 Å². The van der Waals surface area contributed by atoms with Crippen LogP contribution < -0.4 is 5.32 Å². The zero-order valence-corrected chi connectivity index (χ0v) is 14.1. The first-order chi connectivity index (χ1) is 8.88. The van der Waals surface area contributed by atoms with Crippen LogP contribution >= 0.6 is 15.9 Å². The molecule has 0 radical (unpaired) electrons. The molecule has 0 heterocycles. The van der Waals surface area contributed by atoms with E-state index in [4.69, 9.17) is 0 Å². The van der Waals surface area contributed by atoms with Gasteiger partial charge in [-0.05, 0) is 44.9 Å². The molecule has 5 heteroatoms. The quantitative estimate of drug-likeness (QED) is 0.824. The lowest BCUT2D eigenvalue weighted by Crippen LogP contribution is -2.23. The lowest BCUT2D eigenvalue weighted by Gasteiger charge is -2.19. The number of nitrogens with one attached hydrogen (secondary N) is 1. The molecule has 0 saturated carbocycles. The highest BCUT2D eigenvalue weighted by atomic mass is 79.9. The van der Waals surface area contributed by atoms with Crippen molar-refractivity contribution in [3.63, 3.8) is 0 Å². The lowest BCUT2D eigenvalue weighted by molar-refractivity contribution is 0.567. The summed E-state index contributed by atoms with van der Waals surface area (Å²) in [5, 5.41) is 2.84. The van der Waals surface area contributed by atoms with Crippen molar-refractivity contribution in [1.82, 2.24) is 5.32 Å². The number of likely N-dealkylation sites (N-methyl/N-ethyl adjacent to an activating group) is 1. The third kappa shape index (κ3) is 4.89. The Balaban J connectivity index is 2.83. The topological polar surface area (TPSA) is 46.2 Å². The molecule has 0 aliphatic carbocycles.